The lowest BCUT2D eigenvalue weighted by Gasteiger charge is -2.08. The Kier molecular flexibility index (Phi) is 6.64. The number of rotatable bonds is 7. The van der Waals surface area contributed by atoms with Crippen molar-refractivity contribution in [2.75, 3.05) is 17.7 Å². The van der Waals surface area contributed by atoms with Crippen molar-refractivity contribution in [2.45, 2.75) is 32.2 Å². The van der Waals surface area contributed by atoms with Crippen LogP contribution in [0.15, 0.2) is 35.6 Å². The first-order valence-corrected chi connectivity index (χ1v) is 10.8. The molecule has 0 fully saturated rings. The fraction of sp³-hybridized carbons (Fsp3) is 0.300. The SMILES string of the molecule is CCOC(=O)c1c(NC(=O)CSc2ncnc3ccccc23)sc(C)c1CC. The third-order valence-electron chi connectivity index (χ3n) is 4.14. The summed E-state index contributed by atoms with van der Waals surface area (Å²) in [6.07, 6.45) is 2.20. The average molecular weight is 416 g/mol. The average Bonchev–Trinajstić information content (AvgIpc) is 3.01. The van der Waals surface area contributed by atoms with Crippen LogP contribution >= 0.6 is 23.1 Å². The van der Waals surface area contributed by atoms with Crippen LogP contribution in [0.1, 0.15) is 34.6 Å². The Labute approximate surface area is 171 Å². The van der Waals surface area contributed by atoms with E-state index in [9.17, 15) is 9.59 Å². The lowest BCUT2D eigenvalue weighted by molar-refractivity contribution is -0.113. The molecule has 6 nitrogen and oxygen atoms in total. The number of nitrogens with zero attached hydrogens (tertiary/aromatic N) is 2. The van der Waals surface area contributed by atoms with Gasteiger partial charge in [-0.2, -0.15) is 0 Å². The number of ether oxygens (including phenoxy) is 1. The molecule has 0 saturated heterocycles. The molecule has 2 aromatic heterocycles. The van der Waals surface area contributed by atoms with Gasteiger partial charge < -0.3 is 10.1 Å². The number of esters is 1. The van der Waals surface area contributed by atoms with Crippen LogP contribution in [0.5, 0.6) is 0 Å². The molecular weight excluding hydrogens is 394 g/mol. The quantitative estimate of drug-likeness (QED) is 0.348. The van der Waals surface area contributed by atoms with E-state index in [0.29, 0.717) is 23.6 Å². The van der Waals surface area contributed by atoms with Gasteiger partial charge in [-0.25, -0.2) is 14.8 Å². The summed E-state index contributed by atoms with van der Waals surface area (Å²) in [4.78, 5) is 34.4. The van der Waals surface area contributed by atoms with Gasteiger partial charge in [0, 0.05) is 10.3 Å². The van der Waals surface area contributed by atoms with Crippen LogP contribution in [-0.2, 0) is 16.0 Å². The molecule has 0 saturated carbocycles. The van der Waals surface area contributed by atoms with Crippen LogP contribution in [0.25, 0.3) is 10.9 Å². The summed E-state index contributed by atoms with van der Waals surface area (Å²) in [5, 5.41) is 5.09. The number of hydrogen-bond acceptors (Lipinski definition) is 7. The molecule has 28 heavy (non-hydrogen) atoms. The van der Waals surface area contributed by atoms with Gasteiger partial charge in [0.15, 0.2) is 0 Å². The van der Waals surface area contributed by atoms with Crippen LogP contribution in [0.4, 0.5) is 5.00 Å². The number of amides is 1. The molecule has 1 aromatic carbocycles. The third-order valence-corrected chi connectivity index (χ3v) is 6.21. The van der Waals surface area contributed by atoms with Gasteiger partial charge in [-0.3, -0.25) is 4.79 Å². The maximum atomic E-state index is 12.5. The summed E-state index contributed by atoms with van der Waals surface area (Å²) in [5.41, 5.74) is 2.23. The molecule has 0 aliphatic heterocycles. The lowest BCUT2D eigenvalue weighted by Crippen LogP contribution is -2.16. The summed E-state index contributed by atoms with van der Waals surface area (Å²) < 4.78 is 5.18. The molecule has 0 spiro atoms. The second-order valence-corrected chi connectivity index (χ2v) is 8.14. The normalized spacial score (nSPS) is 10.8. The van der Waals surface area contributed by atoms with E-state index in [-0.39, 0.29) is 11.7 Å². The second kappa shape index (κ2) is 9.16. The van der Waals surface area contributed by atoms with E-state index in [4.69, 9.17) is 4.74 Å². The molecular formula is C20H21N3O3S2. The van der Waals surface area contributed by atoms with Gasteiger partial charge in [0.1, 0.15) is 16.4 Å². The smallest absolute Gasteiger partial charge is 0.341 e. The molecule has 3 rings (SSSR count). The van der Waals surface area contributed by atoms with E-state index in [0.717, 1.165) is 26.4 Å². The lowest BCUT2D eigenvalue weighted by atomic mass is 10.1. The molecule has 0 aliphatic carbocycles. The number of anilines is 1. The maximum Gasteiger partial charge on any atom is 0.341 e. The number of thioether (sulfide) groups is 1. The fourth-order valence-corrected chi connectivity index (χ4v) is 4.84. The van der Waals surface area contributed by atoms with Crippen molar-refractivity contribution in [3.8, 4) is 0 Å². The highest BCUT2D eigenvalue weighted by atomic mass is 32.2. The highest BCUT2D eigenvalue weighted by Gasteiger charge is 2.23. The van der Waals surface area contributed by atoms with Crippen LogP contribution in [0.3, 0.4) is 0 Å². The Morgan fingerprint density at radius 3 is 2.75 bits per heavy atom. The number of carbonyl (C=O) groups is 2. The van der Waals surface area contributed by atoms with Crippen molar-refractivity contribution in [2.24, 2.45) is 0 Å². The van der Waals surface area contributed by atoms with Crippen LogP contribution in [0, 0.1) is 6.92 Å². The van der Waals surface area contributed by atoms with Crippen molar-refractivity contribution in [3.63, 3.8) is 0 Å². The van der Waals surface area contributed by atoms with Crippen molar-refractivity contribution < 1.29 is 14.3 Å². The number of fused-ring (bicyclic) bond motifs is 1. The molecule has 0 bridgehead atoms. The number of thiophene rings is 1. The summed E-state index contributed by atoms with van der Waals surface area (Å²) in [6, 6.07) is 7.68. The molecule has 0 aliphatic rings. The minimum absolute atomic E-state index is 0.182. The molecule has 0 radical (unpaired) electrons. The number of aryl methyl sites for hydroxylation is 1. The summed E-state index contributed by atoms with van der Waals surface area (Å²) in [7, 11) is 0. The largest absolute Gasteiger partial charge is 0.462 e. The fourth-order valence-electron chi connectivity index (χ4n) is 2.90. The summed E-state index contributed by atoms with van der Waals surface area (Å²) >= 11 is 2.75. The number of carbonyl (C=O) groups excluding carboxylic acids is 2. The van der Waals surface area contributed by atoms with Gasteiger partial charge in [0.2, 0.25) is 5.91 Å². The van der Waals surface area contributed by atoms with E-state index < -0.39 is 5.97 Å². The highest BCUT2D eigenvalue weighted by molar-refractivity contribution is 8.00. The Morgan fingerprint density at radius 2 is 2.00 bits per heavy atom. The van der Waals surface area contributed by atoms with Gasteiger partial charge in [-0.1, -0.05) is 36.9 Å². The van der Waals surface area contributed by atoms with Gasteiger partial charge in [0.05, 0.1) is 23.4 Å². The van der Waals surface area contributed by atoms with Crippen LogP contribution in [-0.4, -0.2) is 34.2 Å². The van der Waals surface area contributed by atoms with E-state index >= 15 is 0 Å². The second-order valence-electron chi connectivity index (χ2n) is 5.95. The number of benzene rings is 1. The molecule has 1 N–H and O–H groups in total. The number of hydrogen-bond donors (Lipinski definition) is 1. The van der Waals surface area contributed by atoms with Gasteiger partial charge in [-0.15, -0.1) is 11.3 Å². The number of nitrogens with one attached hydrogen (secondary N) is 1. The Morgan fingerprint density at radius 1 is 1.21 bits per heavy atom. The van der Waals surface area contributed by atoms with E-state index in [1.807, 2.05) is 38.1 Å². The predicted octanol–water partition coefficient (Wildman–Crippen LogP) is 4.47. The molecule has 1 amide bonds. The zero-order chi connectivity index (χ0) is 20.1. The van der Waals surface area contributed by atoms with Crippen LogP contribution < -0.4 is 5.32 Å². The Hall–Kier alpha value is -2.45. The predicted molar refractivity (Wildman–Crippen MR) is 113 cm³/mol. The Bertz CT molecular complexity index is 1010. The topological polar surface area (TPSA) is 81.2 Å². The molecule has 146 valence electrons. The maximum absolute atomic E-state index is 12.5. The number of aromatic nitrogens is 2. The van der Waals surface area contributed by atoms with Crippen molar-refractivity contribution in [1.82, 2.24) is 9.97 Å². The van der Waals surface area contributed by atoms with Crippen molar-refractivity contribution in [1.29, 1.82) is 0 Å². The molecule has 3 aromatic rings. The van der Waals surface area contributed by atoms with E-state index in [1.165, 1.54) is 29.4 Å². The zero-order valence-corrected chi connectivity index (χ0v) is 17.6. The minimum atomic E-state index is -0.395. The number of para-hydroxylation sites is 1. The van der Waals surface area contributed by atoms with Gasteiger partial charge >= 0.3 is 5.97 Å². The van der Waals surface area contributed by atoms with E-state index in [2.05, 4.69) is 15.3 Å². The van der Waals surface area contributed by atoms with Gasteiger partial charge in [-0.05, 0) is 31.9 Å². The molecule has 8 heteroatoms. The highest BCUT2D eigenvalue weighted by Crippen LogP contribution is 2.34. The van der Waals surface area contributed by atoms with Crippen molar-refractivity contribution in [3.05, 3.63) is 46.6 Å². The van der Waals surface area contributed by atoms with Crippen LogP contribution in [0.2, 0.25) is 0 Å². The molecule has 0 unspecified atom stereocenters. The molecule has 2 heterocycles. The van der Waals surface area contributed by atoms with Gasteiger partial charge in [0.25, 0.3) is 0 Å². The van der Waals surface area contributed by atoms with Crippen molar-refractivity contribution >= 4 is 50.9 Å². The minimum Gasteiger partial charge on any atom is -0.462 e. The first-order chi connectivity index (χ1) is 13.5. The molecule has 0 atom stereocenters. The third kappa shape index (κ3) is 4.34. The monoisotopic (exact) mass is 415 g/mol. The standard InChI is InChI=1S/C20H21N3O3S2/c1-4-13-12(3)28-19(17(13)20(25)26-5-2)23-16(24)10-27-18-14-8-6-7-9-15(14)21-11-22-18/h6-9,11H,4-5,10H2,1-3H3,(H,23,24). The first-order valence-electron chi connectivity index (χ1n) is 8.96. The zero-order valence-electron chi connectivity index (χ0n) is 15.9. The Balaban J connectivity index is 1.75. The first kappa shape index (κ1) is 20.3. The summed E-state index contributed by atoms with van der Waals surface area (Å²) in [5.74, 6) is -0.405. The van der Waals surface area contributed by atoms with E-state index in [1.54, 1.807) is 6.92 Å². The summed E-state index contributed by atoms with van der Waals surface area (Å²) in [6.45, 7) is 5.99.